The Hall–Kier alpha value is -2.23. The third-order valence-electron chi connectivity index (χ3n) is 2.76. The molecule has 0 aromatic heterocycles. The first-order valence-corrected chi connectivity index (χ1v) is 5.50. The van der Waals surface area contributed by atoms with E-state index < -0.39 is 5.97 Å². The van der Waals surface area contributed by atoms with Gasteiger partial charge < -0.3 is 14.6 Å². The Morgan fingerprint density at radius 2 is 1.67 bits per heavy atom. The first-order valence-electron chi connectivity index (χ1n) is 5.50. The van der Waals surface area contributed by atoms with Gasteiger partial charge in [-0.15, -0.1) is 0 Å². The van der Waals surface area contributed by atoms with Crippen LogP contribution in [0.4, 0.5) is 0 Å². The van der Waals surface area contributed by atoms with Gasteiger partial charge >= 0.3 is 5.97 Å². The maximum Gasteiger partial charge on any atom is 0.307 e. The predicted octanol–water partition coefficient (Wildman–Crippen LogP) is 2.48. The lowest BCUT2D eigenvalue weighted by Gasteiger charge is -2.09. The first kappa shape index (κ1) is 12.2. The second-order valence-electron chi connectivity index (χ2n) is 3.96. The summed E-state index contributed by atoms with van der Waals surface area (Å²) < 4.78 is 10.4. The van der Waals surface area contributed by atoms with Gasteiger partial charge in [0.1, 0.15) is 0 Å². The van der Waals surface area contributed by atoms with Gasteiger partial charge in [0.2, 0.25) is 0 Å². The van der Waals surface area contributed by atoms with Gasteiger partial charge in [0, 0.05) is 0 Å². The van der Waals surface area contributed by atoms with Crippen LogP contribution in [0.25, 0.3) is 10.8 Å². The molecular formula is C14H14O4. The van der Waals surface area contributed by atoms with E-state index in [1.165, 1.54) is 0 Å². The van der Waals surface area contributed by atoms with Crippen molar-refractivity contribution in [3.05, 3.63) is 35.9 Å². The smallest absolute Gasteiger partial charge is 0.307 e. The highest BCUT2D eigenvalue weighted by atomic mass is 16.5. The molecule has 0 spiro atoms. The minimum Gasteiger partial charge on any atom is -0.493 e. The molecule has 2 aromatic rings. The van der Waals surface area contributed by atoms with Gasteiger partial charge in [-0.3, -0.25) is 4.79 Å². The minimum absolute atomic E-state index is 0.0181. The summed E-state index contributed by atoms with van der Waals surface area (Å²) in [6.45, 7) is 0. The summed E-state index contributed by atoms with van der Waals surface area (Å²) in [7, 11) is 3.16. The Balaban J connectivity index is 2.52. The number of hydrogen-bond donors (Lipinski definition) is 1. The fraction of sp³-hybridized carbons (Fsp3) is 0.214. The van der Waals surface area contributed by atoms with E-state index in [0.29, 0.717) is 11.5 Å². The van der Waals surface area contributed by atoms with Crippen molar-refractivity contribution in [1.82, 2.24) is 0 Å². The molecule has 0 unspecified atom stereocenters. The van der Waals surface area contributed by atoms with Crippen molar-refractivity contribution in [2.24, 2.45) is 0 Å². The van der Waals surface area contributed by atoms with Crippen LogP contribution >= 0.6 is 0 Å². The zero-order valence-electron chi connectivity index (χ0n) is 10.3. The fourth-order valence-corrected chi connectivity index (χ4v) is 1.91. The monoisotopic (exact) mass is 246 g/mol. The number of ether oxygens (including phenoxy) is 2. The second kappa shape index (κ2) is 4.96. The van der Waals surface area contributed by atoms with E-state index in [4.69, 9.17) is 14.6 Å². The molecular weight excluding hydrogens is 232 g/mol. The quantitative estimate of drug-likeness (QED) is 0.900. The molecule has 0 radical (unpaired) electrons. The minimum atomic E-state index is -0.838. The fourth-order valence-electron chi connectivity index (χ4n) is 1.91. The predicted molar refractivity (Wildman–Crippen MR) is 68.4 cm³/mol. The molecule has 0 bridgehead atoms. The molecule has 4 heteroatoms. The van der Waals surface area contributed by atoms with E-state index in [9.17, 15) is 4.79 Å². The Morgan fingerprint density at radius 3 is 2.22 bits per heavy atom. The van der Waals surface area contributed by atoms with E-state index in [-0.39, 0.29) is 6.42 Å². The van der Waals surface area contributed by atoms with Crippen molar-refractivity contribution in [2.75, 3.05) is 14.2 Å². The Morgan fingerprint density at radius 1 is 1.06 bits per heavy atom. The molecule has 0 saturated carbocycles. The van der Waals surface area contributed by atoms with Crippen molar-refractivity contribution in [3.63, 3.8) is 0 Å². The number of rotatable bonds is 4. The SMILES string of the molecule is COc1cc2ccc(CC(=O)O)cc2cc1OC. The molecule has 94 valence electrons. The Labute approximate surface area is 105 Å². The highest BCUT2D eigenvalue weighted by Gasteiger charge is 2.07. The van der Waals surface area contributed by atoms with E-state index in [1.54, 1.807) is 14.2 Å². The van der Waals surface area contributed by atoms with E-state index >= 15 is 0 Å². The lowest BCUT2D eigenvalue weighted by atomic mass is 10.0. The molecule has 0 aliphatic carbocycles. The molecule has 2 rings (SSSR count). The maximum absolute atomic E-state index is 10.7. The van der Waals surface area contributed by atoms with Gasteiger partial charge in [0.05, 0.1) is 20.6 Å². The van der Waals surface area contributed by atoms with Crippen LogP contribution in [0, 0.1) is 0 Å². The van der Waals surface area contributed by atoms with Crippen LogP contribution in [0.2, 0.25) is 0 Å². The summed E-state index contributed by atoms with van der Waals surface area (Å²) in [6, 6.07) is 9.27. The molecule has 0 aliphatic heterocycles. The largest absolute Gasteiger partial charge is 0.493 e. The lowest BCUT2D eigenvalue weighted by Crippen LogP contribution is -1.99. The number of carboxylic acid groups (broad SMARTS) is 1. The number of carbonyl (C=O) groups is 1. The molecule has 0 fully saturated rings. The number of hydrogen-bond acceptors (Lipinski definition) is 3. The Bertz CT molecular complexity index is 590. The average molecular weight is 246 g/mol. The number of aliphatic carboxylic acids is 1. The summed E-state index contributed by atoms with van der Waals surface area (Å²) >= 11 is 0. The van der Waals surface area contributed by atoms with Gasteiger partial charge in [-0.2, -0.15) is 0 Å². The number of benzene rings is 2. The van der Waals surface area contributed by atoms with Crippen LogP contribution in [0.3, 0.4) is 0 Å². The topological polar surface area (TPSA) is 55.8 Å². The number of carboxylic acids is 1. The first-order chi connectivity index (χ1) is 8.63. The molecule has 4 nitrogen and oxygen atoms in total. The molecule has 0 saturated heterocycles. The van der Waals surface area contributed by atoms with E-state index in [1.807, 2.05) is 30.3 Å². The molecule has 2 aromatic carbocycles. The average Bonchev–Trinajstić information content (AvgIpc) is 2.36. The summed E-state index contributed by atoms with van der Waals surface area (Å²) in [6.07, 6.45) is 0.0181. The van der Waals surface area contributed by atoms with Crippen molar-refractivity contribution in [1.29, 1.82) is 0 Å². The zero-order chi connectivity index (χ0) is 13.1. The van der Waals surface area contributed by atoms with Crippen molar-refractivity contribution < 1.29 is 19.4 Å². The van der Waals surface area contributed by atoms with Crippen molar-refractivity contribution in [3.8, 4) is 11.5 Å². The van der Waals surface area contributed by atoms with Gasteiger partial charge in [0.15, 0.2) is 11.5 Å². The van der Waals surface area contributed by atoms with E-state index in [2.05, 4.69) is 0 Å². The van der Waals surface area contributed by atoms with Crippen LogP contribution in [-0.4, -0.2) is 25.3 Å². The third kappa shape index (κ3) is 2.37. The van der Waals surface area contributed by atoms with Crippen LogP contribution in [0.1, 0.15) is 5.56 Å². The molecule has 0 heterocycles. The van der Waals surface area contributed by atoms with E-state index in [0.717, 1.165) is 16.3 Å². The lowest BCUT2D eigenvalue weighted by molar-refractivity contribution is -0.136. The molecule has 18 heavy (non-hydrogen) atoms. The molecule has 0 atom stereocenters. The van der Waals surface area contributed by atoms with Gasteiger partial charge in [-0.05, 0) is 28.5 Å². The van der Waals surface area contributed by atoms with Crippen LogP contribution < -0.4 is 9.47 Å². The van der Waals surface area contributed by atoms with Gasteiger partial charge in [0.25, 0.3) is 0 Å². The van der Waals surface area contributed by atoms with Crippen molar-refractivity contribution >= 4 is 16.7 Å². The second-order valence-corrected chi connectivity index (χ2v) is 3.96. The summed E-state index contributed by atoms with van der Waals surface area (Å²) in [5.41, 5.74) is 0.766. The molecule has 0 amide bonds. The maximum atomic E-state index is 10.7. The molecule has 0 aliphatic rings. The van der Waals surface area contributed by atoms with Crippen LogP contribution in [-0.2, 0) is 11.2 Å². The van der Waals surface area contributed by atoms with Crippen molar-refractivity contribution in [2.45, 2.75) is 6.42 Å². The van der Waals surface area contributed by atoms with Gasteiger partial charge in [-0.25, -0.2) is 0 Å². The third-order valence-corrected chi connectivity index (χ3v) is 2.76. The summed E-state index contributed by atoms with van der Waals surface area (Å²) in [5.74, 6) is 0.461. The van der Waals surface area contributed by atoms with Crippen LogP contribution in [0.15, 0.2) is 30.3 Å². The summed E-state index contributed by atoms with van der Waals surface area (Å²) in [5, 5.41) is 10.7. The van der Waals surface area contributed by atoms with Gasteiger partial charge in [-0.1, -0.05) is 18.2 Å². The number of fused-ring (bicyclic) bond motifs is 1. The van der Waals surface area contributed by atoms with Crippen LogP contribution in [0.5, 0.6) is 11.5 Å². The molecule has 1 N–H and O–H groups in total. The standard InChI is InChI=1S/C14H14O4/c1-17-12-7-10-4-3-9(6-14(15)16)5-11(10)8-13(12)18-2/h3-5,7-8H,6H2,1-2H3,(H,15,16). The highest BCUT2D eigenvalue weighted by molar-refractivity contribution is 5.87. The summed E-state index contributed by atoms with van der Waals surface area (Å²) in [4.78, 5) is 10.7. The highest BCUT2D eigenvalue weighted by Crippen LogP contribution is 2.32. The normalized spacial score (nSPS) is 10.3. The number of methoxy groups -OCH3 is 2. The zero-order valence-corrected chi connectivity index (χ0v) is 10.3. The Kier molecular flexibility index (Phi) is 3.37.